The molecule has 6 heteroatoms. The number of rotatable bonds is 4. The highest BCUT2D eigenvalue weighted by Crippen LogP contribution is 2.28. The van der Waals surface area contributed by atoms with E-state index >= 15 is 0 Å². The second-order valence-corrected chi connectivity index (χ2v) is 5.33. The van der Waals surface area contributed by atoms with Crippen LogP contribution in [0, 0.1) is 6.92 Å². The molecule has 0 aliphatic carbocycles. The molecule has 0 saturated heterocycles. The fraction of sp³-hybridized carbons (Fsp3) is 0.0556. The summed E-state index contributed by atoms with van der Waals surface area (Å²) in [5.74, 6) is -2.06. The number of hydrogen-bond acceptors (Lipinski definition) is 4. The number of carboxylic acid groups (broad SMARTS) is 2. The summed E-state index contributed by atoms with van der Waals surface area (Å²) >= 11 is 0. The van der Waals surface area contributed by atoms with Gasteiger partial charge in [0.15, 0.2) is 0 Å². The van der Waals surface area contributed by atoms with Gasteiger partial charge in [0.05, 0.1) is 16.6 Å². The van der Waals surface area contributed by atoms with E-state index in [0.717, 1.165) is 0 Å². The zero-order chi connectivity index (χ0) is 17.3. The fourth-order valence-electron chi connectivity index (χ4n) is 2.54. The molecule has 0 radical (unpaired) electrons. The maximum Gasteiger partial charge on any atom is 0.337 e. The van der Waals surface area contributed by atoms with E-state index in [9.17, 15) is 14.7 Å². The summed E-state index contributed by atoms with van der Waals surface area (Å²) in [4.78, 5) is 26.8. The highest BCUT2D eigenvalue weighted by molar-refractivity contribution is 6.06. The second-order valence-electron chi connectivity index (χ2n) is 5.33. The molecule has 0 amide bonds. The van der Waals surface area contributed by atoms with Gasteiger partial charge in [0, 0.05) is 22.5 Å². The van der Waals surface area contributed by atoms with Gasteiger partial charge in [0.25, 0.3) is 0 Å². The van der Waals surface area contributed by atoms with Crippen LogP contribution >= 0.6 is 0 Å². The lowest BCUT2D eigenvalue weighted by molar-refractivity contribution is 0.0687. The van der Waals surface area contributed by atoms with Gasteiger partial charge in [-0.25, -0.2) is 9.59 Å². The molecule has 3 rings (SSSR count). The van der Waals surface area contributed by atoms with Crippen LogP contribution < -0.4 is 5.32 Å². The number of carboxylic acids is 2. The number of fused-ring (bicyclic) bond motifs is 1. The Morgan fingerprint density at radius 2 is 1.75 bits per heavy atom. The van der Waals surface area contributed by atoms with Gasteiger partial charge in [-0.1, -0.05) is 18.2 Å². The number of carbonyl (C=O) groups is 2. The number of nitrogens with one attached hydrogen (secondary N) is 1. The Hall–Kier alpha value is -3.41. The third kappa shape index (κ3) is 2.89. The molecular formula is C18H14N2O4. The Labute approximate surface area is 137 Å². The number of aromatic carboxylic acids is 2. The molecule has 0 unspecified atom stereocenters. The molecular weight excluding hydrogens is 308 g/mol. The molecule has 0 aliphatic heterocycles. The largest absolute Gasteiger partial charge is 0.478 e. The Kier molecular flexibility index (Phi) is 3.87. The number of benzene rings is 2. The van der Waals surface area contributed by atoms with Gasteiger partial charge in [-0.2, -0.15) is 0 Å². The first kappa shape index (κ1) is 15.5. The maximum atomic E-state index is 11.4. The molecule has 0 atom stereocenters. The van der Waals surface area contributed by atoms with Crippen molar-refractivity contribution in [2.45, 2.75) is 6.92 Å². The van der Waals surface area contributed by atoms with E-state index in [1.165, 1.54) is 18.2 Å². The number of pyridine rings is 1. The summed E-state index contributed by atoms with van der Waals surface area (Å²) in [7, 11) is 0. The lowest BCUT2D eigenvalue weighted by Crippen LogP contribution is -2.02. The quantitative estimate of drug-likeness (QED) is 0.677. The zero-order valence-corrected chi connectivity index (χ0v) is 12.8. The maximum absolute atomic E-state index is 11.4. The molecule has 1 aromatic heterocycles. The summed E-state index contributed by atoms with van der Waals surface area (Å²) in [5, 5.41) is 22.2. The van der Waals surface area contributed by atoms with Crippen molar-refractivity contribution < 1.29 is 19.8 Å². The van der Waals surface area contributed by atoms with Crippen molar-refractivity contribution in [2.24, 2.45) is 0 Å². The molecule has 0 aliphatic rings. The number of aryl methyl sites for hydroxylation is 1. The summed E-state index contributed by atoms with van der Waals surface area (Å²) in [6.07, 6.45) is 0. The van der Waals surface area contributed by atoms with Crippen LogP contribution in [0.4, 0.5) is 11.4 Å². The van der Waals surface area contributed by atoms with E-state index in [-0.39, 0.29) is 11.1 Å². The van der Waals surface area contributed by atoms with E-state index in [1.54, 1.807) is 37.3 Å². The SMILES string of the molecule is Cc1cc(Nc2cccc(C(=O)O)c2)c2cccc(C(=O)O)c2n1. The van der Waals surface area contributed by atoms with Crippen molar-refractivity contribution in [1.82, 2.24) is 4.98 Å². The van der Waals surface area contributed by atoms with E-state index in [0.29, 0.717) is 28.0 Å². The van der Waals surface area contributed by atoms with Crippen LogP contribution in [-0.2, 0) is 0 Å². The lowest BCUT2D eigenvalue weighted by Gasteiger charge is -2.12. The number of aromatic nitrogens is 1. The van der Waals surface area contributed by atoms with Crippen LogP contribution in [0.1, 0.15) is 26.4 Å². The average Bonchev–Trinajstić information content (AvgIpc) is 2.54. The Bertz CT molecular complexity index is 966. The van der Waals surface area contributed by atoms with Crippen molar-refractivity contribution in [3.05, 3.63) is 65.4 Å². The highest BCUT2D eigenvalue weighted by atomic mass is 16.4. The van der Waals surface area contributed by atoms with Crippen LogP contribution in [0.3, 0.4) is 0 Å². The standard InChI is InChI=1S/C18H14N2O4/c1-10-8-15(20-12-5-2-4-11(9-12)17(21)22)13-6-3-7-14(18(23)24)16(13)19-10/h2-9H,1H3,(H,19,20)(H,21,22)(H,23,24). The first-order chi connectivity index (χ1) is 11.5. The van der Waals surface area contributed by atoms with Crippen molar-refractivity contribution >= 4 is 34.2 Å². The van der Waals surface area contributed by atoms with Gasteiger partial charge >= 0.3 is 11.9 Å². The molecule has 120 valence electrons. The minimum Gasteiger partial charge on any atom is -0.478 e. The molecule has 1 heterocycles. The number of hydrogen-bond donors (Lipinski definition) is 3. The van der Waals surface area contributed by atoms with Crippen molar-refractivity contribution in [1.29, 1.82) is 0 Å². The number of anilines is 2. The summed E-state index contributed by atoms with van der Waals surface area (Å²) in [5.41, 5.74) is 2.61. The first-order valence-corrected chi connectivity index (χ1v) is 7.20. The Morgan fingerprint density at radius 1 is 1.00 bits per heavy atom. The smallest absolute Gasteiger partial charge is 0.337 e. The van der Waals surface area contributed by atoms with Gasteiger partial charge in [0.2, 0.25) is 0 Å². The number of para-hydroxylation sites is 1. The Balaban J connectivity index is 2.13. The number of nitrogens with zero attached hydrogens (tertiary/aromatic N) is 1. The Morgan fingerprint density at radius 3 is 2.46 bits per heavy atom. The zero-order valence-electron chi connectivity index (χ0n) is 12.8. The average molecular weight is 322 g/mol. The van der Waals surface area contributed by atoms with Gasteiger partial charge in [-0.15, -0.1) is 0 Å². The van der Waals surface area contributed by atoms with Gasteiger partial charge in [0.1, 0.15) is 0 Å². The molecule has 3 aromatic rings. The van der Waals surface area contributed by atoms with Crippen molar-refractivity contribution in [3.8, 4) is 0 Å². The molecule has 0 bridgehead atoms. The summed E-state index contributed by atoms with van der Waals surface area (Å²) in [6.45, 7) is 1.77. The molecule has 24 heavy (non-hydrogen) atoms. The second kappa shape index (κ2) is 6.00. The van der Waals surface area contributed by atoms with Crippen LogP contribution in [0.5, 0.6) is 0 Å². The lowest BCUT2D eigenvalue weighted by atomic mass is 10.1. The first-order valence-electron chi connectivity index (χ1n) is 7.20. The van der Waals surface area contributed by atoms with Crippen molar-refractivity contribution in [3.63, 3.8) is 0 Å². The van der Waals surface area contributed by atoms with Crippen LogP contribution in [0.15, 0.2) is 48.5 Å². The third-order valence-corrected chi connectivity index (χ3v) is 3.59. The van der Waals surface area contributed by atoms with Gasteiger partial charge < -0.3 is 15.5 Å². The minimum atomic E-state index is -1.04. The molecule has 0 saturated carbocycles. The van der Waals surface area contributed by atoms with E-state index in [4.69, 9.17) is 5.11 Å². The topological polar surface area (TPSA) is 99.5 Å². The summed E-state index contributed by atoms with van der Waals surface area (Å²) < 4.78 is 0. The van der Waals surface area contributed by atoms with E-state index < -0.39 is 11.9 Å². The van der Waals surface area contributed by atoms with Crippen LogP contribution in [-0.4, -0.2) is 27.1 Å². The fourth-order valence-corrected chi connectivity index (χ4v) is 2.54. The van der Waals surface area contributed by atoms with E-state index in [2.05, 4.69) is 10.3 Å². The third-order valence-electron chi connectivity index (χ3n) is 3.59. The van der Waals surface area contributed by atoms with Crippen LogP contribution in [0.25, 0.3) is 10.9 Å². The van der Waals surface area contributed by atoms with Crippen molar-refractivity contribution in [2.75, 3.05) is 5.32 Å². The predicted molar refractivity (Wildman–Crippen MR) is 90.1 cm³/mol. The molecule has 3 N–H and O–H groups in total. The predicted octanol–water partition coefficient (Wildman–Crippen LogP) is 3.68. The van der Waals surface area contributed by atoms with Crippen LogP contribution in [0.2, 0.25) is 0 Å². The monoisotopic (exact) mass is 322 g/mol. The molecule has 6 nitrogen and oxygen atoms in total. The normalized spacial score (nSPS) is 10.5. The summed E-state index contributed by atoms with van der Waals surface area (Å²) in [6, 6.07) is 13.1. The minimum absolute atomic E-state index is 0.124. The molecule has 0 spiro atoms. The van der Waals surface area contributed by atoms with Gasteiger partial charge in [-0.3, -0.25) is 4.98 Å². The van der Waals surface area contributed by atoms with Gasteiger partial charge in [-0.05, 0) is 37.3 Å². The molecule has 2 aromatic carbocycles. The van der Waals surface area contributed by atoms with E-state index in [1.807, 2.05) is 0 Å². The highest BCUT2D eigenvalue weighted by Gasteiger charge is 2.13. The molecule has 0 fully saturated rings.